The maximum Gasteiger partial charge on any atom is 0.258 e. The van der Waals surface area contributed by atoms with Crippen molar-refractivity contribution in [3.63, 3.8) is 0 Å². The van der Waals surface area contributed by atoms with Crippen molar-refractivity contribution in [2.45, 2.75) is 26.6 Å². The Morgan fingerprint density at radius 2 is 1.88 bits per heavy atom. The summed E-state index contributed by atoms with van der Waals surface area (Å²) >= 11 is 0. The molecule has 32 heavy (non-hydrogen) atoms. The Hall–Kier alpha value is -3.87. The number of nitrogens with zero attached hydrogens (tertiary/aromatic N) is 5. The number of carbonyl (C=O) groups is 1. The Kier molecular flexibility index (Phi) is 5.01. The highest BCUT2D eigenvalue weighted by Crippen LogP contribution is 2.32. The number of carbonyl (C=O) groups excluding carboxylic acids is 1. The molecule has 3 heterocycles. The van der Waals surface area contributed by atoms with Gasteiger partial charge < -0.3 is 9.64 Å². The standard InChI is InChI=1S/C25H25N5O2/c1-17-11-22(29(3)27-17)16-32-23-6-4-5-20-15-30(25(31)24(20)23)13-18-7-9-19(10-8-18)21-12-26-28(2)14-21/h4-12,14H,13,15-16H2,1-3H3. The number of ether oxygens (including phenoxy) is 1. The zero-order chi connectivity index (χ0) is 22.2. The monoisotopic (exact) mass is 427 g/mol. The van der Waals surface area contributed by atoms with E-state index in [1.54, 1.807) is 4.68 Å². The predicted molar refractivity (Wildman–Crippen MR) is 121 cm³/mol. The van der Waals surface area contributed by atoms with E-state index in [4.69, 9.17) is 4.74 Å². The van der Waals surface area contributed by atoms with Crippen LogP contribution in [0.15, 0.2) is 60.9 Å². The Bertz CT molecular complexity index is 1290. The first-order valence-electron chi connectivity index (χ1n) is 10.6. The maximum absolute atomic E-state index is 13.2. The molecule has 7 nitrogen and oxygen atoms in total. The zero-order valence-corrected chi connectivity index (χ0v) is 18.4. The Morgan fingerprint density at radius 1 is 1.06 bits per heavy atom. The van der Waals surface area contributed by atoms with Crippen molar-refractivity contribution in [2.75, 3.05) is 0 Å². The Morgan fingerprint density at radius 3 is 2.56 bits per heavy atom. The van der Waals surface area contributed by atoms with E-state index < -0.39 is 0 Å². The number of hydrogen-bond acceptors (Lipinski definition) is 4. The second-order valence-corrected chi connectivity index (χ2v) is 8.24. The lowest BCUT2D eigenvalue weighted by atomic mass is 10.1. The molecule has 5 rings (SSSR count). The number of fused-ring (bicyclic) bond motifs is 1. The lowest BCUT2D eigenvalue weighted by molar-refractivity contribution is 0.0763. The van der Waals surface area contributed by atoms with Gasteiger partial charge in [0.2, 0.25) is 0 Å². The summed E-state index contributed by atoms with van der Waals surface area (Å²) in [4.78, 5) is 15.1. The van der Waals surface area contributed by atoms with Gasteiger partial charge in [0.25, 0.3) is 5.91 Å². The first-order chi connectivity index (χ1) is 15.5. The molecular weight excluding hydrogens is 402 g/mol. The van der Waals surface area contributed by atoms with Crippen LogP contribution in [0.5, 0.6) is 5.75 Å². The van der Waals surface area contributed by atoms with E-state index in [0.717, 1.165) is 33.6 Å². The third-order valence-corrected chi connectivity index (χ3v) is 5.81. The number of rotatable bonds is 6. The average Bonchev–Trinajstić information content (AvgIpc) is 3.45. The minimum Gasteiger partial charge on any atom is -0.486 e. The quantitative estimate of drug-likeness (QED) is 0.469. The molecule has 1 amide bonds. The molecule has 0 radical (unpaired) electrons. The normalized spacial score (nSPS) is 13.0. The van der Waals surface area contributed by atoms with Crippen LogP contribution in [0.2, 0.25) is 0 Å². The molecule has 0 saturated carbocycles. The number of benzene rings is 2. The molecule has 162 valence electrons. The van der Waals surface area contributed by atoms with Crippen LogP contribution in [0, 0.1) is 6.92 Å². The van der Waals surface area contributed by atoms with E-state index in [-0.39, 0.29) is 5.91 Å². The fourth-order valence-electron chi connectivity index (χ4n) is 4.18. The summed E-state index contributed by atoms with van der Waals surface area (Å²) in [7, 11) is 3.80. The van der Waals surface area contributed by atoms with Crippen LogP contribution in [-0.2, 0) is 33.8 Å². The molecular formula is C25H25N5O2. The average molecular weight is 428 g/mol. The van der Waals surface area contributed by atoms with Gasteiger partial charge in [-0.25, -0.2) is 0 Å². The van der Waals surface area contributed by atoms with Gasteiger partial charge >= 0.3 is 0 Å². The van der Waals surface area contributed by atoms with Crippen LogP contribution in [0.4, 0.5) is 0 Å². The topological polar surface area (TPSA) is 65.2 Å². The van der Waals surface area contributed by atoms with Crippen LogP contribution in [0.25, 0.3) is 11.1 Å². The zero-order valence-electron chi connectivity index (χ0n) is 18.4. The summed E-state index contributed by atoms with van der Waals surface area (Å²) in [6, 6.07) is 16.1. The predicted octanol–water partition coefficient (Wildman–Crippen LogP) is 3.86. The first-order valence-corrected chi connectivity index (χ1v) is 10.6. The summed E-state index contributed by atoms with van der Waals surface area (Å²) in [6.45, 7) is 3.47. The minimum absolute atomic E-state index is 0.00752. The van der Waals surface area contributed by atoms with Crippen LogP contribution in [-0.4, -0.2) is 30.4 Å². The molecule has 0 bridgehead atoms. The maximum atomic E-state index is 13.2. The third kappa shape index (κ3) is 3.77. The summed E-state index contributed by atoms with van der Waals surface area (Å²) in [5.74, 6) is 0.633. The molecule has 0 N–H and O–H groups in total. The molecule has 2 aromatic heterocycles. The largest absolute Gasteiger partial charge is 0.486 e. The SMILES string of the molecule is Cc1cc(COc2cccc3c2C(=O)N(Cc2ccc(-c4cnn(C)c4)cc2)C3)n(C)n1. The summed E-state index contributed by atoms with van der Waals surface area (Å²) in [5, 5.41) is 8.58. The molecule has 1 aliphatic rings. The molecule has 0 unspecified atom stereocenters. The van der Waals surface area contributed by atoms with E-state index >= 15 is 0 Å². The lowest BCUT2D eigenvalue weighted by Crippen LogP contribution is -2.23. The highest BCUT2D eigenvalue weighted by atomic mass is 16.5. The summed E-state index contributed by atoms with van der Waals surface area (Å²) in [6.07, 6.45) is 3.84. The van der Waals surface area contributed by atoms with Gasteiger partial charge in [-0.1, -0.05) is 36.4 Å². The van der Waals surface area contributed by atoms with Crippen molar-refractivity contribution in [2.24, 2.45) is 14.1 Å². The van der Waals surface area contributed by atoms with Gasteiger partial charge in [-0.15, -0.1) is 0 Å². The second-order valence-electron chi connectivity index (χ2n) is 8.24. The van der Waals surface area contributed by atoms with E-state index in [9.17, 15) is 4.79 Å². The van der Waals surface area contributed by atoms with Gasteiger partial charge in [-0.05, 0) is 35.7 Å². The summed E-state index contributed by atoms with van der Waals surface area (Å²) < 4.78 is 9.65. The fraction of sp³-hybridized carbons (Fsp3) is 0.240. The minimum atomic E-state index is 0.00752. The molecule has 4 aromatic rings. The van der Waals surface area contributed by atoms with E-state index in [0.29, 0.717) is 31.0 Å². The number of amides is 1. The molecule has 2 aromatic carbocycles. The van der Waals surface area contributed by atoms with Crippen LogP contribution >= 0.6 is 0 Å². The van der Waals surface area contributed by atoms with E-state index in [1.807, 2.05) is 67.3 Å². The number of aromatic nitrogens is 4. The number of hydrogen-bond donors (Lipinski definition) is 0. The highest BCUT2D eigenvalue weighted by Gasteiger charge is 2.30. The van der Waals surface area contributed by atoms with Gasteiger partial charge in [0.15, 0.2) is 0 Å². The van der Waals surface area contributed by atoms with Gasteiger partial charge in [0.1, 0.15) is 12.4 Å². The van der Waals surface area contributed by atoms with Gasteiger partial charge in [-0.2, -0.15) is 10.2 Å². The van der Waals surface area contributed by atoms with Crippen molar-refractivity contribution >= 4 is 5.91 Å². The van der Waals surface area contributed by atoms with Crippen LogP contribution < -0.4 is 4.74 Å². The molecule has 0 atom stereocenters. The van der Waals surface area contributed by atoms with E-state index in [2.05, 4.69) is 34.5 Å². The third-order valence-electron chi connectivity index (χ3n) is 5.81. The Labute approximate surface area is 186 Å². The van der Waals surface area contributed by atoms with Crippen molar-refractivity contribution in [3.8, 4) is 16.9 Å². The van der Waals surface area contributed by atoms with Crippen molar-refractivity contribution < 1.29 is 9.53 Å². The molecule has 0 spiro atoms. The lowest BCUT2D eigenvalue weighted by Gasteiger charge is -2.16. The van der Waals surface area contributed by atoms with Gasteiger partial charge in [0, 0.05) is 38.9 Å². The summed E-state index contributed by atoms with van der Waals surface area (Å²) in [5.41, 5.74) is 6.86. The van der Waals surface area contributed by atoms with Gasteiger partial charge in [-0.3, -0.25) is 14.2 Å². The van der Waals surface area contributed by atoms with Crippen molar-refractivity contribution in [1.29, 1.82) is 0 Å². The molecule has 7 heteroatoms. The first kappa shape index (κ1) is 20.1. The molecule has 1 aliphatic heterocycles. The van der Waals surface area contributed by atoms with Crippen LogP contribution in [0.3, 0.4) is 0 Å². The molecule has 0 aliphatic carbocycles. The second kappa shape index (κ2) is 8.00. The smallest absolute Gasteiger partial charge is 0.258 e. The Balaban J connectivity index is 1.30. The van der Waals surface area contributed by atoms with Crippen molar-refractivity contribution in [1.82, 2.24) is 24.5 Å². The van der Waals surface area contributed by atoms with Gasteiger partial charge in [0.05, 0.1) is 23.1 Å². The highest BCUT2D eigenvalue weighted by molar-refractivity contribution is 6.01. The molecule has 0 fully saturated rings. The number of aryl methyl sites for hydroxylation is 3. The fourth-order valence-corrected chi connectivity index (χ4v) is 4.18. The van der Waals surface area contributed by atoms with Crippen LogP contribution in [0.1, 0.15) is 32.9 Å². The van der Waals surface area contributed by atoms with E-state index in [1.165, 1.54) is 0 Å². The van der Waals surface area contributed by atoms with Crippen molar-refractivity contribution in [3.05, 3.63) is 89.0 Å². The molecule has 0 saturated heterocycles.